The molecule has 0 spiro atoms. The van der Waals surface area contributed by atoms with Crippen LogP contribution in [-0.4, -0.2) is 51.8 Å². The summed E-state index contributed by atoms with van der Waals surface area (Å²) in [6, 6.07) is 7.46. The zero-order chi connectivity index (χ0) is 21.0. The van der Waals surface area contributed by atoms with Crippen LogP contribution in [0.2, 0.25) is 0 Å². The second-order valence-electron chi connectivity index (χ2n) is 7.91. The average Bonchev–Trinajstić information content (AvgIpc) is 3.34. The molecule has 0 bridgehead atoms. The third-order valence-electron chi connectivity index (χ3n) is 5.65. The van der Waals surface area contributed by atoms with Crippen molar-refractivity contribution < 1.29 is 17.7 Å². The lowest BCUT2D eigenvalue weighted by molar-refractivity contribution is 0.0765. The van der Waals surface area contributed by atoms with Gasteiger partial charge in [0, 0.05) is 13.0 Å². The molecule has 1 saturated heterocycles. The fraction of sp³-hybridized carbons (Fsp3) is 0.450. The van der Waals surface area contributed by atoms with Crippen LogP contribution in [0.1, 0.15) is 36.0 Å². The molecule has 2 fully saturated rings. The number of hydrogen-bond acceptors (Lipinski definition) is 7. The summed E-state index contributed by atoms with van der Waals surface area (Å²) in [7, 11) is -1.86. The van der Waals surface area contributed by atoms with E-state index in [1.54, 1.807) is 25.6 Å². The standard InChI is InChI=1S/C20H23N5O4S/c1-12-18(13(2)24(3)22-12)30(26,27)25-10-15(11-25)28-17-7-5-4-6-16(17)20-21-19(23-29-20)14-8-9-14/h4-7,14-15H,8-11H2,1-3H3. The van der Waals surface area contributed by atoms with E-state index in [-0.39, 0.29) is 24.1 Å². The Kier molecular flexibility index (Phi) is 4.44. The first-order chi connectivity index (χ1) is 14.3. The maximum atomic E-state index is 13.0. The average molecular weight is 430 g/mol. The van der Waals surface area contributed by atoms with E-state index in [1.807, 2.05) is 24.3 Å². The molecular weight excluding hydrogens is 406 g/mol. The lowest BCUT2D eigenvalue weighted by atomic mass is 10.2. The summed E-state index contributed by atoms with van der Waals surface area (Å²) in [5, 5.41) is 8.29. The quantitative estimate of drug-likeness (QED) is 0.593. The third-order valence-corrected chi connectivity index (χ3v) is 7.74. The van der Waals surface area contributed by atoms with Crippen LogP contribution in [0.25, 0.3) is 11.5 Å². The van der Waals surface area contributed by atoms with Gasteiger partial charge in [-0.3, -0.25) is 4.68 Å². The number of aryl methyl sites for hydroxylation is 2. The molecule has 0 amide bonds. The molecule has 3 heterocycles. The molecule has 0 unspecified atom stereocenters. The minimum Gasteiger partial charge on any atom is -0.487 e. The molecule has 1 saturated carbocycles. The molecule has 2 aliphatic rings. The first kappa shape index (κ1) is 19.3. The van der Waals surface area contributed by atoms with Gasteiger partial charge in [-0.1, -0.05) is 17.3 Å². The first-order valence-electron chi connectivity index (χ1n) is 9.94. The Morgan fingerprint density at radius 2 is 1.90 bits per heavy atom. The van der Waals surface area contributed by atoms with Crippen molar-refractivity contribution in [1.29, 1.82) is 0 Å². The van der Waals surface area contributed by atoms with Gasteiger partial charge in [0.1, 0.15) is 16.7 Å². The van der Waals surface area contributed by atoms with Crippen LogP contribution in [0, 0.1) is 13.8 Å². The van der Waals surface area contributed by atoms with E-state index in [0.717, 1.165) is 24.2 Å². The van der Waals surface area contributed by atoms with Gasteiger partial charge in [-0.15, -0.1) is 0 Å². The van der Waals surface area contributed by atoms with Crippen molar-refractivity contribution in [1.82, 2.24) is 24.2 Å². The smallest absolute Gasteiger partial charge is 0.261 e. The fourth-order valence-electron chi connectivity index (χ4n) is 3.71. The predicted molar refractivity (Wildman–Crippen MR) is 108 cm³/mol. The van der Waals surface area contributed by atoms with Crippen LogP contribution in [0.3, 0.4) is 0 Å². The maximum Gasteiger partial charge on any atom is 0.261 e. The Morgan fingerprint density at radius 3 is 2.57 bits per heavy atom. The summed E-state index contributed by atoms with van der Waals surface area (Å²) >= 11 is 0. The number of benzene rings is 1. The van der Waals surface area contributed by atoms with Gasteiger partial charge < -0.3 is 9.26 Å². The van der Waals surface area contributed by atoms with Crippen LogP contribution < -0.4 is 4.74 Å². The van der Waals surface area contributed by atoms with Gasteiger partial charge in [0.15, 0.2) is 5.82 Å². The molecule has 5 rings (SSSR count). The molecule has 10 heteroatoms. The highest BCUT2D eigenvalue weighted by molar-refractivity contribution is 7.89. The molecule has 3 aromatic rings. The summed E-state index contributed by atoms with van der Waals surface area (Å²) in [5.41, 5.74) is 1.86. The van der Waals surface area contributed by atoms with Gasteiger partial charge in [-0.05, 0) is 38.8 Å². The summed E-state index contributed by atoms with van der Waals surface area (Å²) in [6.45, 7) is 4.03. The highest BCUT2D eigenvalue weighted by Crippen LogP contribution is 2.40. The van der Waals surface area contributed by atoms with Crippen LogP contribution in [-0.2, 0) is 17.1 Å². The van der Waals surface area contributed by atoms with Crippen LogP contribution in [0.15, 0.2) is 33.7 Å². The Balaban J connectivity index is 1.31. The minimum atomic E-state index is -3.60. The molecule has 0 N–H and O–H groups in total. The van der Waals surface area contributed by atoms with Gasteiger partial charge in [0.05, 0.1) is 30.0 Å². The SMILES string of the molecule is Cc1nn(C)c(C)c1S(=O)(=O)N1CC(Oc2ccccc2-c2nc(C3CC3)no2)C1. The van der Waals surface area contributed by atoms with Crippen LogP contribution in [0.5, 0.6) is 5.75 Å². The Hall–Kier alpha value is -2.72. The zero-order valence-corrected chi connectivity index (χ0v) is 17.9. The van der Waals surface area contributed by atoms with Crippen molar-refractivity contribution in [3.05, 3.63) is 41.5 Å². The molecule has 30 heavy (non-hydrogen) atoms. The minimum absolute atomic E-state index is 0.246. The van der Waals surface area contributed by atoms with Crippen molar-refractivity contribution >= 4 is 10.0 Å². The molecule has 2 aromatic heterocycles. The number of sulfonamides is 1. The van der Waals surface area contributed by atoms with Crippen molar-refractivity contribution in [3.8, 4) is 17.2 Å². The van der Waals surface area contributed by atoms with E-state index in [2.05, 4.69) is 15.2 Å². The maximum absolute atomic E-state index is 13.0. The Labute approximate surface area is 174 Å². The number of para-hydroxylation sites is 1. The Morgan fingerprint density at radius 1 is 1.17 bits per heavy atom. The molecule has 0 atom stereocenters. The van der Waals surface area contributed by atoms with Crippen LogP contribution >= 0.6 is 0 Å². The van der Waals surface area contributed by atoms with E-state index < -0.39 is 10.0 Å². The van der Waals surface area contributed by atoms with E-state index in [9.17, 15) is 8.42 Å². The van der Waals surface area contributed by atoms with Gasteiger partial charge in [0.25, 0.3) is 5.89 Å². The largest absolute Gasteiger partial charge is 0.487 e. The predicted octanol–water partition coefficient (Wildman–Crippen LogP) is 2.42. The summed E-state index contributed by atoms with van der Waals surface area (Å²) in [4.78, 5) is 4.78. The van der Waals surface area contributed by atoms with E-state index in [4.69, 9.17) is 9.26 Å². The number of ether oxygens (including phenoxy) is 1. The Bertz CT molecular complexity index is 1210. The number of nitrogens with zero attached hydrogens (tertiary/aromatic N) is 5. The topological polar surface area (TPSA) is 103 Å². The van der Waals surface area contributed by atoms with Crippen molar-refractivity contribution in [2.45, 2.75) is 43.6 Å². The summed E-state index contributed by atoms with van der Waals surface area (Å²) in [5.74, 6) is 2.18. The second kappa shape index (κ2) is 6.92. The second-order valence-corrected chi connectivity index (χ2v) is 9.79. The van der Waals surface area contributed by atoms with E-state index in [0.29, 0.717) is 28.9 Å². The highest BCUT2D eigenvalue weighted by atomic mass is 32.2. The number of hydrogen-bond donors (Lipinski definition) is 0. The van der Waals surface area contributed by atoms with Gasteiger partial charge in [-0.25, -0.2) is 8.42 Å². The lowest BCUT2D eigenvalue weighted by Crippen LogP contribution is -2.56. The van der Waals surface area contributed by atoms with E-state index in [1.165, 1.54) is 4.31 Å². The highest BCUT2D eigenvalue weighted by Gasteiger charge is 2.41. The van der Waals surface area contributed by atoms with Crippen molar-refractivity contribution in [2.75, 3.05) is 13.1 Å². The van der Waals surface area contributed by atoms with Crippen LogP contribution in [0.4, 0.5) is 0 Å². The van der Waals surface area contributed by atoms with Crippen molar-refractivity contribution in [3.63, 3.8) is 0 Å². The number of aromatic nitrogens is 4. The van der Waals surface area contributed by atoms with Gasteiger partial charge in [0.2, 0.25) is 10.0 Å². The zero-order valence-electron chi connectivity index (χ0n) is 17.1. The lowest BCUT2D eigenvalue weighted by Gasteiger charge is -2.38. The molecular formula is C20H23N5O4S. The normalized spacial score (nSPS) is 17.8. The van der Waals surface area contributed by atoms with Crippen molar-refractivity contribution in [2.24, 2.45) is 7.05 Å². The fourth-order valence-corrected chi connectivity index (χ4v) is 5.61. The molecule has 1 aliphatic carbocycles. The molecule has 9 nitrogen and oxygen atoms in total. The first-order valence-corrected chi connectivity index (χ1v) is 11.4. The van der Waals surface area contributed by atoms with Gasteiger partial charge >= 0.3 is 0 Å². The van der Waals surface area contributed by atoms with E-state index >= 15 is 0 Å². The molecule has 0 radical (unpaired) electrons. The third kappa shape index (κ3) is 3.20. The monoisotopic (exact) mass is 429 g/mol. The number of rotatable bonds is 6. The summed E-state index contributed by atoms with van der Waals surface area (Å²) < 4.78 is 40.6. The molecule has 1 aromatic carbocycles. The molecule has 1 aliphatic heterocycles. The summed E-state index contributed by atoms with van der Waals surface area (Å²) in [6.07, 6.45) is 1.95. The molecule has 158 valence electrons. The van der Waals surface area contributed by atoms with Gasteiger partial charge in [-0.2, -0.15) is 14.4 Å².